The van der Waals surface area contributed by atoms with E-state index in [-0.39, 0.29) is 17.0 Å². The molecule has 2 aromatic rings. The minimum atomic E-state index is -0.578. The smallest absolute Gasteiger partial charge is 0.259 e. The van der Waals surface area contributed by atoms with Gasteiger partial charge in [0.1, 0.15) is 11.6 Å². The number of benzene rings is 2. The summed E-state index contributed by atoms with van der Waals surface area (Å²) >= 11 is 6.30. The van der Waals surface area contributed by atoms with Crippen LogP contribution >= 0.6 is 31.9 Å². The van der Waals surface area contributed by atoms with E-state index in [4.69, 9.17) is 0 Å². The van der Waals surface area contributed by atoms with Crippen molar-refractivity contribution in [2.24, 2.45) is 0 Å². The number of phenolic OH excluding ortho intramolecular Hbond substituents is 1. The van der Waals surface area contributed by atoms with Crippen molar-refractivity contribution >= 4 is 43.5 Å². The van der Waals surface area contributed by atoms with Gasteiger partial charge in [0.25, 0.3) is 5.91 Å². The van der Waals surface area contributed by atoms with E-state index < -0.39 is 11.7 Å². The van der Waals surface area contributed by atoms with Gasteiger partial charge in [0, 0.05) is 8.95 Å². The fourth-order valence-corrected chi connectivity index (χ4v) is 2.16. The van der Waals surface area contributed by atoms with Crippen LogP contribution in [0.4, 0.5) is 10.1 Å². The number of anilines is 1. The van der Waals surface area contributed by atoms with Gasteiger partial charge in [-0.2, -0.15) is 0 Å². The highest BCUT2D eigenvalue weighted by molar-refractivity contribution is 9.10. The van der Waals surface area contributed by atoms with Crippen LogP contribution in [0.15, 0.2) is 45.3 Å². The van der Waals surface area contributed by atoms with E-state index in [1.807, 2.05) is 0 Å². The monoisotopic (exact) mass is 387 g/mol. The summed E-state index contributed by atoms with van der Waals surface area (Å²) in [5.41, 5.74) is 0.126. The standard InChI is InChI=1S/C13H8Br2FNO2/c14-7-2-4-11(10(16)5-7)17-13(19)9-3-1-8(15)6-12(9)18/h1-6,18H,(H,17,19). The predicted octanol–water partition coefficient (Wildman–Crippen LogP) is 4.31. The molecule has 0 radical (unpaired) electrons. The molecule has 0 saturated heterocycles. The Kier molecular flexibility index (Phi) is 4.21. The van der Waals surface area contributed by atoms with Crippen molar-refractivity contribution in [3.63, 3.8) is 0 Å². The lowest BCUT2D eigenvalue weighted by atomic mass is 10.2. The summed E-state index contributed by atoms with van der Waals surface area (Å²) in [5, 5.41) is 12.1. The highest BCUT2D eigenvalue weighted by Crippen LogP contribution is 2.24. The number of carbonyl (C=O) groups is 1. The molecule has 2 N–H and O–H groups in total. The highest BCUT2D eigenvalue weighted by atomic mass is 79.9. The molecule has 2 aromatic carbocycles. The SMILES string of the molecule is O=C(Nc1ccc(Br)cc1F)c1ccc(Br)cc1O. The Morgan fingerprint density at radius 2 is 1.74 bits per heavy atom. The van der Waals surface area contributed by atoms with Crippen LogP contribution < -0.4 is 5.32 Å². The van der Waals surface area contributed by atoms with E-state index in [9.17, 15) is 14.3 Å². The van der Waals surface area contributed by atoms with Crippen molar-refractivity contribution < 1.29 is 14.3 Å². The van der Waals surface area contributed by atoms with E-state index in [1.165, 1.54) is 24.3 Å². The molecule has 0 bridgehead atoms. The van der Waals surface area contributed by atoms with Crippen LogP contribution in [0.5, 0.6) is 5.75 Å². The number of carbonyl (C=O) groups excluding carboxylic acids is 1. The highest BCUT2D eigenvalue weighted by Gasteiger charge is 2.13. The summed E-state index contributed by atoms with van der Waals surface area (Å²) in [4.78, 5) is 11.9. The Labute approximate surface area is 125 Å². The number of aromatic hydroxyl groups is 1. The van der Waals surface area contributed by atoms with Gasteiger partial charge in [0.2, 0.25) is 0 Å². The van der Waals surface area contributed by atoms with Crippen LogP contribution in [-0.2, 0) is 0 Å². The maximum absolute atomic E-state index is 13.6. The maximum Gasteiger partial charge on any atom is 0.259 e. The van der Waals surface area contributed by atoms with Gasteiger partial charge >= 0.3 is 0 Å². The average Bonchev–Trinajstić information content (AvgIpc) is 2.32. The molecular formula is C13H8Br2FNO2. The van der Waals surface area contributed by atoms with E-state index in [2.05, 4.69) is 37.2 Å². The zero-order chi connectivity index (χ0) is 14.0. The van der Waals surface area contributed by atoms with Crippen LogP contribution in [-0.4, -0.2) is 11.0 Å². The molecule has 0 aliphatic rings. The molecule has 0 spiro atoms. The summed E-state index contributed by atoms with van der Waals surface area (Å²) in [7, 11) is 0. The third-order valence-electron chi connectivity index (χ3n) is 2.38. The van der Waals surface area contributed by atoms with E-state index in [0.717, 1.165) is 0 Å². The van der Waals surface area contributed by atoms with E-state index >= 15 is 0 Å². The number of halogens is 3. The largest absolute Gasteiger partial charge is 0.507 e. The fourth-order valence-electron chi connectivity index (χ4n) is 1.48. The predicted molar refractivity (Wildman–Crippen MR) is 77.9 cm³/mol. The normalized spacial score (nSPS) is 10.3. The second kappa shape index (κ2) is 5.71. The molecule has 6 heteroatoms. The van der Waals surface area contributed by atoms with E-state index in [1.54, 1.807) is 12.1 Å². The molecule has 3 nitrogen and oxygen atoms in total. The second-order valence-electron chi connectivity index (χ2n) is 3.74. The van der Waals surface area contributed by atoms with Crippen LogP contribution in [0.2, 0.25) is 0 Å². The molecule has 0 atom stereocenters. The van der Waals surface area contributed by atoms with Crippen molar-refractivity contribution in [1.82, 2.24) is 0 Å². The first-order chi connectivity index (χ1) is 8.97. The van der Waals surface area contributed by atoms with Crippen molar-refractivity contribution in [1.29, 1.82) is 0 Å². The van der Waals surface area contributed by atoms with Crippen LogP contribution in [0.1, 0.15) is 10.4 Å². The zero-order valence-electron chi connectivity index (χ0n) is 9.45. The minimum Gasteiger partial charge on any atom is -0.507 e. The number of hydrogen-bond acceptors (Lipinski definition) is 2. The molecule has 98 valence electrons. The topological polar surface area (TPSA) is 49.3 Å². The molecule has 0 fully saturated rings. The Balaban J connectivity index is 2.25. The van der Waals surface area contributed by atoms with Crippen LogP contribution in [0, 0.1) is 5.82 Å². The van der Waals surface area contributed by atoms with Gasteiger partial charge in [-0.15, -0.1) is 0 Å². The lowest BCUT2D eigenvalue weighted by molar-refractivity contribution is 0.102. The van der Waals surface area contributed by atoms with Gasteiger partial charge in [-0.25, -0.2) is 4.39 Å². The van der Waals surface area contributed by atoms with Gasteiger partial charge in [0.15, 0.2) is 0 Å². The van der Waals surface area contributed by atoms with Gasteiger partial charge in [-0.3, -0.25) is 4.79 Å². The lowest BCUT2D eigenvalue weighted by Crippen LogP contribution is -2.13. The zero-order valence-corrected chi connectivity index (χ0v) is 12.6. The average molecular weight is 389 g/mol. The van der Waals surface area contributed by atoms with E-state index in [0.29, 0.717) is 8.95 Å². The first-order valence-electron chi connectivity index (χ1n) is 5.22. The first-order valence-corrected chi connectivity index (χ1v) is 6.81. The summed E-state index contributed by atoms with van der Waals surface area (Å²) in [6, 6.07) is 8.76. The van der Waals surface area contributed by atoms with Crippen molar-refractivity contribution in [2.45, 2.75) is 0 Å². The van der Waals surface area contributed by atoms with Gasteiger partial charge < -0.3 is 10.4 Å². The molecule has 1 amide bonds. The molecule has 19 heavy (non-hydrogen) atoms. The van der Waals surface area contributed by atoms with Crippen molar-refractivity contribution in [3.8, 4) is 5.75 Å². The Hall–Kier alpha value is -1.40. The summed E-state index contributed by atoms with van der Waals surface area (Å²) < 4.78 is 14.8. The number of phenols is 1. The second-order valence-corrected chi connectivity index (χ2v) is 5.57. The minimum absolute atomic E-state index is 0.0514. The van der Waals surface area contributed by atoms with Crippen LogP contribution in [0.25, 0.3) is 0 Å². The molecule has 2 rings (SSSR count). The van der Waals surface area contributed by atoms with Crippen LogP contribution in [0.3, 0.4) is 0 Å². The Morgan fingerprint density at radius 3 is 2.37 bits per heavy atom. The summed E-state index contributed by atoms with van der Waals surface area (Å²) in [6.45, 7) is 0. The molecule has 0 unspecified atom stereocenters. The lowest BCUT2D eigenvalue weighted by Gasteiger charge is -2.08. The number of rotatable bonds is 2. The molecule has 0 aliphatic heterocycles. The van der Waals surface area contributed by atoms with Crippen molar-refractivity contribution in [3.05, 3.63) is 56.7 Å². The number of amides is 1. The maximum atomic E-state index is 13.6. The molecule has 0 aromatic heterocycles. The molecule has 0 heterocycles. The molecular weight excluding hydrogens is 381 g/mol. The quantitative estimate of drug-likeness (QED) is 0.805. The Morgan fingerprint density at radius 1 is 1.11 bits per heavy atom. The van der Waals surface area contributed by atoms with Gasteiger partial charge in [-0.05, 0) is 36.4 Å². The number of nitrogens with one attached hydrogen (secondary N) is 1. The fraction of sp³-hybridized carbons (Fsp3) is 0. The molecule has 0 aliphatic carbocycles. The van der Waals surface area contributed by atoms with Gasteiger partial charge in [-0.1, -0.05) is 31.9 Å². The first kappa shape index (κ1) is 14.0. The summed E-state index contributed by atoms with van der Waals surface area (Å²) in [5.74, 6) is -1.31. The third kappa shape index (κ3) is 3.33. The Bertz CT molecular complexity index is 647. The molecule has 0 saturated carbocycles. The number of hydrogen-bond donors (Lipinski definition) is 2. The summed E-state index contributed by atoms with van der Waals surface area (Å²) in [6.07, 6.45) is 0. The van der Waals surface area contributed by atoms with Gasteiger partial charge in [0.05, 0.1) is 11.3 Å². The van der Waals surface area contributed by atoms with Crippen molar-refractivity contribution in [2.75, 3.05) is 5.32 Å². The third-order valence-corrected chi connectivity index (χ3v) is 3.37.